The summed E-state index contributed by atoms with van der Waals surface area (Å²) in [6.45, 7) is 9.05. The second-order valence-electron chi connectivity index (χ2n) is 4.48. The highest BCUT2D eigenvalue weighted by atomic mass is 79.9. The van der Waals surface area contributed by atoms with E-state index in [2.05, 4.69) is 27.5 Å². The Labute approximate surface area is 134 Å². The largest absolute Gasteiger partial charge is 0.468 e. The Kier molecular flexibility index (Phi) is 8.51. The van der Waals surface area contributed by atoms with Crippen LogP contribution < -0.4 is 0 Å². The van der Waals surface area contributed by atoms with Crippen molar-refractivity contribution in [2.24, 2.45) is 10.9 Å². The number of carbonyl (C=O) groups excluding carboxylic acids is 2. The first kappa shape index (κ1) is 19.3. The van der Waals surface area contributed by atoms with Gasteiger partial charge in [-0.25, -0.2) is 4.79 Å². The van der Waals surface area contributed by atoms with Gasteiger partial charge in [0.2, 0.25) is 0 Å². The van der Waals surface area contributed by atoms with Crippen LogP contribution in [0.3, 0.4) is 0 Å². The Balaban J connectivity index is 5.73. The maximum Gasteiger partial charge on any atom is 0.319 e. The first-order valence-corrected chi connectivity index (χ1v) is 7.05. The molecule has 0 bridgehead atoms. The summed E-state index contributed by atoms with van der Waals surface area (Å²) in [6, 6.07) is 0. The number of nitrogens with zero attached hydrogens (tertiary/aromatic N) is 1. The minimum Gasteiger partial charge on any atom is -0.468 e. The van der Waals surface area contributed by atoms with Gasteiger partial charge in [0.05, 0.1) is 12.7 Å². The fraction of sp³-hybridized carbons (Fsp3) is 0.375. The van der Waals surface area contributed by atoms with E-state index in [0.29, 0.717) is 11.3 Å². The zero-order valence-corrected chi connectivity index (χ0v) is 14.6. The van der Waals surface area contributed by atoms with Crippen molar-refractivity contribution in [3.05, 3.63) is 39.9 Å². The second kappa shape index (κ2) is 9.27. The van der Waals surface area contributed by atoms with E-state index in [1.807, 2.05) is 12.9 Å². The first-order valence-electron chi connectivity index (χ1n) is 6.26. The highest BCUT2D eigenvalue weighted by molar-refractivity contribution is 9.12. The summed E-state index contributed by atoms with van der Waals surface area (Å²) in [7, 11) is 2.83. The van der Waals surface area contributed by atoms with Gasteiger partial charge in [-0.1, -0.05) is 28.6 Å². The average Bonchev–Trinajstić information content (AvgIpc) is 2.47. The number of allylic oxidation sites excluding steroid dienone is 5. The quantitative estimate of drug-likeness (QED) is 0.318. The fourth-order valence-electron chi connectivity index (χ4n) is 1.54. The maximum atomic E-state index is 11.9. The van der Waals surface area contributed by atoms with Gasteiger partial charge >= 0.3 is 5.97 Å². The number of hydrogen-bond donors (Lipinski definition) is 0. The fourth-order valence-corrected chi connectivity index (χ4v) is 1.67. The molecule has 5 heteroatoms. The Morgan fingerprint density at radius 1 is 1.33 bits per heavy atom. The predicted octanol–water partition coefficient (Wildman–Crippen LogP) is 3.43. The second-order valence-corrected chi connectivity index (χ2v) is 5.34. The molecule has 114 valence electrons. The Bertz CT molecular complexity index is 564. The van der Waals surface area contributed by atoms with Gasteiger partial charge in [-0.05, 0) is 38.0 Å². The Morgan fingerprint density at radius 3 is 2.29 bits per heavy atom. The summed E-state index contributed by atoms with van der Waals surface area (Å²) in [5.74, 6) is 0.458. The van der Waals surface area contributed by atoms with Crippen molar-refractivity contribution >= 4 is 33.6 Å². The van der Waals surface area contributed by atoms with E-state index in [9.17, 15) is 9.59 Å². The molecule has 0 aromatic rings. The Morgan fingerprint density at radius 2 is 1.90 bits per heavy atom. The molecule has 0 aliphatic rings. The third kappa shape index (κ3) is 5.66. The van der Waals surface area contributed by atoms with Crippen molar-refractivity contribution in [1.82, 2.24) is 0 Å². The Hall–Kier alpha value is -1.71. The van der Waals surface area contributed by atoms with Gasteiger partial charge < -0.3 is 4.74 Å². The molecule has 21 heavy (non-hydrogen) atoms. The number of halogens is 1. The van der Waals surface area contributed by atoms with Gasteiger partial charge in [-0.2, -0.15) is 0 Å². The molecular weight excluding hydrogens is 334 g/mol. The maximum absolute atomic E-state index is 11.9. The van der Waals surface area contributed by atoms with Crippen LogP contribution in [-0.4, -0.2) is 31.8 Å². The molecule has 0 aromatic heterocycles. The lowest BCUT2D eigenvalue weighted by molar-refractivity contribution is -0.141. The van der Waals surface area contributed by atoms with Crippen LogP contribution in [0.15, 0.2) is 44.9 Å². The van der Waals surface area contributed by atoms with Gasteiger partial charge in [-0.15, -0.1) is 0 Å². The average molecular weight is 354 g/mol. The number of ether oxygens (including phenoxy) is 1. The van der Waals surface area contributed by atoms with Crippen molar-refractivity contribution in [3.63, 3.8) is 0 Å². The SMILES string of the molecule is C=C(C)/C(Br)=C\C=C(/C)C(=C=O)C(C(=O)OC)C(C)=NC. The molecule has 1 unspecified atom stereocenters. The van der Waals surface area contributed by atoms with E-state index < -0.39 is 11.9 Å². The van der Waals surface area contributed by atoms with Crippen molar-refractivity contribution < 1.29 is 14.3 Å². The summed E-state index contributed by atoms with van der Waals surface area (Å²) in [4.78, 5) is 27.2. The summed E-state index contributed by atoms with van der Waals surface area (Å²) in [5.41, 5.74) is 2.17. The van der Waals surface area contributed by atoms with Crippen molar-refractivity contribution in [2.75, 3.05) is 14.2 Å². The number of hydrogen-bond acceptors (Lipinski definition) is 4. The molecule has 0 radical (unpaired) electrons. The smallest absolute Gasteiger partial charge is 0.319 e. The third-order valence-corrected chi connectivity index (χ3v) is 3.86. The van der Waals surface area contributed by atoms with Gasteiger partial charge in [-0.3, -0.25) is 9.79 Å². The first-order chi connectivity index (χ1) is 9.79. The molecule has 0 N–H and O–H groups in total. The molecule has 4 nitrogen and oxygen atoms in total. The van der Waals surface area contributed by atoms with E-state index >= 15 is 0 Å². The number of esters is 1. The zero-order chi connectivity index (χ0) is 16.6. The van der Waals surface area contributed by atoms with Crippen LogP contribution >= 0.6 is 15.9 Å². The minimum atomic E-state index is -0.842. The lowest BCUT2D eigenvalue weighted by atomic mass is 9.90. The van der Waals surface area contributed by atoms with Crippen LogP contribution in [0.2, 0.25) is 0 Å². The molecule has 0 amide bonds. The standard InChI is InChI=1S/C16H20BrNO3/c1-10(2)14(17)8-7-11(3)13(9-19)15(12(4)18-5)16(20)21-6/h7-8,15H,1H2,2-6H3/b11-7+,14-8+,18-12?. The zero-order valence-electron chi connectivity index (χ0n) is 13.0. The predicted molar refractivity (Wildman–Crippen MR) is 89.3 cm³/mol. The van der Waals surface area contributed by atoms with Gasteiger partial charge in [0, 0.05) is 17.2 Å². The van der Waals surface area contributed by atoms with Crippen molar-refractivity contribution in [3.8, 4) is 0 Å². The molecule has 0 aliphatic carbocycles. The van der Waals surface area contributed by atoms with E-state index in [4.69, 9.17) is 4.74 Å². The number of aliphatic imine (C=N–C) groups is 1. The normalized spacial score (nSPS) is 14.3. The van der Waals surface area contributed by atoms with Crippen LogP contribution in [0.4, 0.5) is 0 Å². The van der Waals surface area contributed by atoms with Crippen molar-refractivity contribution in [1.29, 1.82) is 0 Å². The molecule has 1 atom stereocenters. The minimum absolute atomic E-state index is 0.211. The van der Waals surface area contributed by atoms with Gasteiger partial charge in [0.25, 0.3) is 0 Å². The number of carbonyl (C=O) groups is 1. The van der Waals surface area contributed by atoms with Gasteiger partial charge in [0.1, 0.15) is 11.9 Å². The van der Waals surface area contributed by atoms with Crippen LogP contribution in [0.25, 0.3) is 0 Å². The van der Waals surface area contributed by atoms with Crippen LogP contribution in [0, 0.1) is 5.92 Å². The molecule has 0 fully saturated rings. The van der Waals surface area contributed by atoms with E-state index in [-0.39, 0.29) is 5.57 Å². The summed E-state index contributed by atoms with van der Waals surface area (Å²) in [5, 5.41) is 0. The highest BCUT2D eigenvalue weighted by Gasteiger charge is 2.28. The summed E-state index contributed by atoms with van der Waals surface area (Å²) in [6.07, 6.45) is 3.49. The molecule has 0 aliphatic heterocycles. The van der Waals surface area contributed by atoms with Crippen molar-refractivity contribution in [2.45, 2.75) is 20.8 Å². The van der Waals surface area contributed by atoms with E-state index in [0.717, 1.165) is 10.1 Å². The van der Waals surface area contributed by atoms with Crippen LogP contribution in [0.5, 0.6) is 0 Å². The lowest BCUT2D eigenvalue weighted by Gasteiger charge is -2.15. The number of rotatable bonds is 6. The van der Waals surface area contributed by atoms with E-state index in [1.165, 1.54) is 7.11 Å². The summed E-state index contributed by atoms with van der Waals surface area (Å²) < 4.78 is 5.55. The van der Waals surface area contributed by atoms with Crippen LogP contribution in [-0.2, 0) is 14.3 Å². The molecule has 0 saturated heterocycles. The summed E-state index contributed by atoms with van der Waals surface area (Å²) >= 11 is 3.36. The van der Waals surface area contributed by atoms with Gasteiger partial charge in [0.15, 0.2) is 0 Å². The topological polar surface area (TPSA) is 55.7 Å². The molecule has 0 spiro atoms. The lowest BCUT2D eigenvalue weighted by Crippen LogP contribution is -2.26. The highest BCUT2D eigenvalue weighted by Crippen LogP contribution is 2.22. The molecule has 0 rings (SSSR count). The molecule has 0 saturated carbocycles. The van der Waals surface area contributed by atoms with Crippen LogP contribution in [0.1, 0.15) is 20.8 Å². The third-order valence-electron chi connectivity index (χ3n) is 2.92. The number of methoxy groups -OCH3 is 1. The molecule has 0 aromatic carbocycles. The van der Waals surface area contributed by atoms with E-state index in [1.54, 1.807) is 33.0 Å². The monoisotopic (exact) mass is 353 g/mol. The molecular formula is C16H20BrNO3. The molecule has 0 heterocycles.